The van der Waals surface area contributed by atoms with Gasteiger partial charge in [-0.15, -0.1) is 0 Å². The van der Waals surface area contributed by atoms with Gasteiger partial charge >= 0.3 is 0 Å². The predicted octanol–water partition coefficient (Wildman–Crippen LogP) is 5.15. The summed E-state index contributed by atoms with van der Waals surface area (Å²) in [5.41, 5.74) is 1.92. The van der Waals surface area contributed by atoms with Crippen LogP contribution in [0.2, 0.25) is 0 Å². The number of nitrogens with zero attached hydrogens (tertiary/aromatic N) is 1. The summed E-state index contributed by atoms with van der Waals surface area (Å²) in [5.74, 6) is 0.707. The van der Waals surface area contributed by atoms with Gasteiger partial charge in [0.15, 0.2) is 11.2 Å². The van der Waals surface area contributed by atoms with Crippen LogP contribution in [0.15, 0.2) is 96.0 Å². The lowest BCUT2D eigenvalue weighted by Gasteiger charge is -2.21. The first-order valence-electron chi connectivity index (χ1n) is 10.1. The third-order valence-corrected chi connectivity index (χ3v) is 5.82. The fourth-order valence-electron chi connectivity index (χ4n) is 4.44. The zero-order valence-corrected chi connectivity index (χ0v) is 16.8. The Morgan fingerprint density at radius 2 is 1.28 bits per heavy atom. The molecule has 0 bridgehead atoms. The van der Waals surface area contributed by atoms with Crippen LogP contribution in [0, 0.1) is 0 Å². The summed E-state index contributed by atoms with van der Waals surface area (Å²) in [6, 6.07) is 31.4. The van der Waals surface area contributed by atoms with Crippen LogP contribution in [0.25, 0.3) is 0 Å². The lowest BCUT2D eigenvalue weighted by Crippen LogP contribution is -2.36. The third kappa shape index (κ3) is 2.89. The highest BCUT2D eigenvalue weighted by atomic mass is 16.7. The van der Waals surface area contributed by atoms with Crippen LogP contribution < -0.4 is 0 Å². The van der Waals surface area contributed by atoms with E-state index in [1.54, 1.807) is 0 Å². The minimum absolute atomic E-state index is 0.246. The van der Waals surface area contributed by atoms with E-state index < -0.39 is 11.2 Å². The molecule has 1 atom stereocenters. The van der Waals surface area contributed by atoms with Crippen molar-refractivity contribution in [2.45, 2.75) is 37.0 Å². The molecule has 0 spiro atoms. The topological polar surface area (TPSA) is 34.1 Å². The summed E-state index contributed by atoms with van der Waals surface area (Å²) in [7, 11) is 0. The second kappa shape index (κ2) is 6.57. The van der Waals surface area contributed by atoms with Crippen molar-refractivity contribution >= 4 is 5.90 Å². The van der Waals surface area contributed by atoms with Crippen LogP contribution in [0.3, 0.4) is 0 Å². The maximum atomic E-state index is 6.79. The second-order valence-corrected chi connectivity index (χ2v) is 8.52. The quantitative estimate of drug-likeness (QED) is 0.571. The molecule has 1 saturated heterocycles. The van der Waals surface area contributed by atoms with Crippen LogP contribution in [-0.4, -0.2) is 23.6 Å². The van der Waals surface area contributed by atoms with E-state index in [0.717, 1.165) is 11.1 Å². The van der Waals surface area contributed by atoms with Crippen molar-refractivity contribution < 1.29 is 9.47 Å². The van der Waals surface area contributed by atoms with Crippen molar-refractivity contribution in [3.8, 4) is 0 Å². The number of epoxide rings is 1. The molecule has 0 amide bonds. The predicted molar refractivity (Wildman–Crippen MR) is 115 cm³/mol. The van der Waals surface area contributed by atoms with E-state index in [2.05, 4.69) is 86.6 Å². The Balaban J connectivity index is 1.70. The molecule has 5 rings (SSSR count). The first-order valence-corrected chi connectivity index (χ1v) is 10.1. The summed E-state index contributed by atoms with van der Waals surface area (Å²) in [6.07, 6.45) is 0.701. The van der Waals surface area contributed by atoms with Gasteiger partial charge in [-0.1, -0.05) is 91.0 Å². The van der Waals surface area contributed by atoms with Gasteiger partial charge in [-0.3, -0.25) is 0 Å². The summed E-state index contributed by atoms with van der Waals surface area (Å²) >= 11 is 0. The molecule has 3 aromatic rings. The van der Waals surface area contributed by atoms with Crippen LogP contribution in [-0.2, 0) is 21.5 Å². The van der Waals surface area contributed by atoms with Gasteiger partial charge in [0.05, 0.1) is 5.54 Å². The number of ether oxygens (including phenoxy) is 2. The second-order valence-electron chi connectivity index (χ2n) is 8.52. The van der Waals surface area contributed by atoms with Gasteiger partial charge in [-0.2, -0.15) is 0 Å². The lowest BCUT2D eigenvalue weighted by molar-refractivity contribution is 0.243. The maximum Gasteiger partial charge on any atom is 0.221 e. The van der Waals surface area contributed by atoms with Gasteiger partial charge in [0.25, 0.3) is 0 Å². The average molecular weight is 383 g/mol. The summed E-state index contributed by atoms with van der Waals surface area (Å²) in [5, 5.41) is 0. The zero-order valence-electron chi connectivity index (χ0n) is 16.8. The molecule has 146 valence electrons. The Kier molecular flexibility index (Phi) is 4.11. The van der Waals surface area contributed by atoms with Gasteiger partial charge in [-0.05, 0) is 30.5 Å². The number of rotatable bonds is 5. The summed E-state index contributed by atoms with van der Waals surface area (Å²) in [6.45, 7) is 4.78. The van der Waals surface area contributed by atoms with Crippen molar-refractivity contribution in [3.05, 3.63) is 108 Å². The smallest absolute Gasteiger partial charge is 0.221 e. The fraction of sp³-hybridized carbons (Fsp3) is 0.269. The molecule has 0 aromatic heterocycles. The Labute approximate surface area is 172 Å². The highest BCUT2D eigenvalue weighted by Crippen LogP contribution is 2.63. The normalized spacial score (nSPS) is 23.9. The van der Waals surface area contributed by atoms with E-state index in [-0.39, 0.29) is 5.54 Å². The van der Waals surface area contributed by atoms with Gasteiger partial charge in [0.1, 0.15) is 6.61 Å². The minimum atomic E-state index is -0.662. The number of aliphatic imine (C=N–C) groups is 1. The van der Waals surface area contributed by atoms with Crippen LogP contribution in [0.5, 0.6) is 0 Å². The van der Waals surface area contributed by atoms with E-state index in [0.29, 0.717) is 18.9 Å². The highest BCUT2D eigenvalue weighted by molar-refractivity contribution is 5.93. The molecule has 2 aliphatic heterocycles. The highest BCUT2D eigenvalue weighted by Gasteiger charge is 2.76. The molecule has 3 heteroatoms. The molecule has 3 aromatic carbocycles. The Bertz CT molecular complexity index is 989. The molecule has 0 unspecified atom stereocenters. The van der Waals surface area contributed by atoms with Crippen molar-refractivity contribution in [2.24, 2.45) is 4.99 Å². The van der Waals surface area contributed by atoms with E-state index in [1.165, 1.54) is 5.56 Å². The molecular formula is C26H25NO2. The minimum Gasteiger partial charge on any atom is -0.476 e. The first-order chi connectivity index (χ1) is 14.1. The van der Waals surface area contributed by atoms with E-state index in [1.807, 2.05) is 18.2 Å². The molecule has 2 aliphatic rings. The Hall–Kier alpha value is -2.91. The van der Waals surface area contributed by atoms with Crippen molar-refractivity contribution in [3.63, 3.8) is 0 Å². The SMILES string of the molecule is CC1(C)COC([C@]2(Cc3ccccc3)OC2(c2ccccc2)c2ccccc2)=N1. The maximum absolute atomic E-state index is 6.79. The molecule has 0 aliphatic carbocycles. The van der Waals surface area contributed by atoms with Gasteiger partial charge in [-0.25, -0.2) is 4.99 Å². The molecule has 0 radical (unpaired) electrons. The Morgan fingerprint density at radius 3 is 1.76 bits per heavy atom. The zero-order chi connectivity index (χ0) is 20.0. The van der Waals surface area contributed by atoms with Crippen LogP contribution in [0.4, 0.5) is 0 Å². The van der Waals surface area contributed by atoms with Crippen molar-refractivity contribution in [1.29, 1.82) is 0 Å². The van der Waals surface area contributed by atoms with E-state index in [9.17, 15) is 0 Å². The van der Waals surface area contributed by atoms with Gasteiger partial charge < -0.3 is 9.47 Å². The molecule has 2 heterocycles. The standard InChI is InChI=1S/C26H25NO2/c1-24(2)19-28-23(27-24)25(18-20-12-6-3-7-13-20)26(29-25,21-14-8-4-9-15-21)22-16-10-5-11-17-22/h3-17H,18-19H2,1-2H3/t25-/m0/s1. The van der Waals surface area contributed by atoms with Gasteiger partial charge in [0.2, 0.25) is 5.90 Å². The van der Waals surface area contributed by atoms with Gasteiger partial charge in [0, 0.05) is 6.42 Å². The molecule has 29 heavy (non-hydrogen) atoms. The Morgan fingerprint density at radius 1 is 0.759 bits per heavy atom. The van der Waals surface area contributed by atoms with E-state index in [4.69, 9.17) is 14.5 Å². The molecule has 0 saturated carbocycles. The third-order valence-electron chi connectivity index (χ3n) is 5.82. The van der Waals surface area contributed by atoms with Crippen molar-refractivity contribution in [2.75, 3.05) is 6.61 Å². The molecule has 0 N–H and O–H groups in total. The monoisotopic (exact) mass is 383 g/mol. The first kappa shape index (κ1) is 18.1. The molecule has 3 nitrogen and oxygen atoms in total. The fourth-order valence-corrected chi connectivity index (χ4v) is 4.44. The van der Waals surface area contributed by atoms with E-state index >= 15 is 0 Å². The average Bonchev–Trinajstić information content (AvgIpc) is 3.29. The lowest BCUT2D eigenvalue weighted by atomic mass is 9.77. The van der Waals surface area contributed by atoms with Crippen LogP contribution in [0.1, 0.15) is 30.5 Å². The largest absolute Gasteiger partial charge is 0.476 e. The molecule has 1 fully saturated rings. The number of benzene rings is 3. The summed E-state index contributed by atoms with van der Waals surface area (Å²) in [4.78, 5) is 4.97. The summed E-state index contributed by atoms with van der Waals surface area (Å²) < 4.78 is 13.0. The number of hydrogen-bond acceptors (Lipinski definition) is 3. The van der Waals surface area contributed by atoms with Crippen molar-refractivity contribution in [1.82, 2.24) is 0 Å². The number of hydrogen-bond donors (Lipinski definition) is 0. The van der Waals surface area contributed by atoms with Crippen LogP contribution >= 0.6 is 0 Å². The molecular weight excluding hydrogens is 358 g/mol.